The van der Waals surface area contributed by atoms with Crippen molar-refractivity contribution in [2.75, 3.05) is 16.8 Å². The lowest BCUT2D eigenvalue weighted by molar-refractivity contribution is -0.133. The Morgan fingerprint density at radius 1 is 0.971 bits per heavy atom. The van der Waals surface area contributed by atoms with E-state index in [0.29, 0.717) is 16.3 Å². The molecule has 0 aliphatic carbocycles. The summed E-state index contributed by atoms with van der Waals surface area (Å²) in [5, 5.41) is 5.99. The summed E-state index contributed by atoms with van der Waals surface area (Å²) < 4.78 is 0. The van der Waals surface area contributed by atoms with Crippen molar-refractivity contribution in [2.24, 2.45) is 0 Å². The Kier molecular flexibility index (Phi) is 6.80. The Labute approximate surface area is 209 Å². The van der Waals surface area contributed by atoms with Gasteiger partial charge in [0.25, 0.3) is 5.91 Å². The smallest absolute Gasteiger partial charge is 0.325 e. The fourth-order valence-electron chi connectivity index (χ4n) is 4.20. The predicted octanol–water partition coefficient (Wildman–Crippen LogP) is 5.29. The molecule has 4 amide bonds. The van der Waals surface area contributed by atoms with Gasteiger partial charge in [-0.15, -0.1) is 0 Å². The molecule has 0 bridgehead atoms. The minimum Gasteiger partial charge on any atom is -0.339 e. The number of rotatable bonds is 7. The molecule has 1 saturated heterocycles. The highest BCUT2D eigenvalue weighted by atomic mass is 35.5. The van der Waals surface area contributed by atoms with Crippen LogP contribution in [0.15, 0.2) is 78.9 Å². The molecule has 2 N–H and O–H groups in total. The highest BCUT2D eigenvalue weighted by Crippen LogP contribution is 2.30. The summed E-state index contributed by atoms with van der Waals surface area (Å²) in [5.74, 6) is -0.962. The average Bonchev–Trinajstić information content (AvgIpc) is 3.05. The number of benzene rings is 3. The van der Waals surface area contributed by atoms with Crippen molar-refractivity contribution in [3.05, 3.63) is 89.4 Å². The summed E-state index contributed by atoms with van der Waals surface area (Å²) in [6.45, 7) is 5.44. The number of carbonyl (C=O) groups is 3. The van der Waals surface area contributed by atoms with Gasteiger partial charge in [0.05, 0.1) is 0 Å². The lowest BCUT2D eigenvalue weighted by Crippen LogP contribution is -2.42. The maximum Gasteiger partial charge on any atom is 0.325 e. The van der Waals surface area contributed by atoms with Crippen molar-refractivity contribution in [1.29, 1.82) is 0 Å². The molecule has 0 spiro atoms. The van der Waals surface area contributed by atoms with E-state index in [1.807, 2.05) is 42.5 Å². The van der Waals surface area contributed by atoms with Crippen molar-refractivity contribution in [3.63, 3.8) is 0 Å². The van der Waals surface area contributed by atoms with Gasteiger partial charge >= 0.3 is 6.03 Å². The molecular weight excluding hydrogens is 464 g/mol. The molecule has 4 rings (SSSR count). The van der Waals surface area contributed by atoms with E-state index < -0.39 is 29.9 Å². The van der Waals surface area contributed by atoms with Crippen LogP contribution >= 0.6 is 11.6 Å². The number of halogens is 1. The van der Waals surface area contributed by atoms with E-state index in [9.17, 15) is 14.4 Å². The van der Waals surface area contributed by atoms with Crippen LogP contribution in [0.3, 0.4) is 0 Å². The first-order chi connectivity index (χ1) is 16.7. The Morgan fingerprint density at radius 3 is 2.17 bits per heavy atom. The Balaban J connectivity index is 1.43. The van der Waals surface area contributed by atoms with Crippen LogP contribution in [0.25, 0.3) is 0 Å². The number of hydrogen-bond acceptors (Lipinski definition) is 4. The lowest BCUT2D eigenvalue weighted by atomic mass is 9.92. The number of hydrogen-bond donors (Lipinski definition) is 2. The lowest BCUT2D eigenvalue weighted by Gasteiger charge is -2.29. The summed E-state index contributed by atoms with van der Waals surface area (Å²) in [5.41, 5.74) is 1.95. The van der Waals surface area contributed by atoms with Gasteiger partial charge in [0.15, 0.2) is 0 Å². The van der Waals surface area contributed by atoms with Crippen molar-refractivity contribution in [3.8, 4) is 0 Å². The number of nitrogens with zero attached hydrogens (tertiary/aromatic N) is 2. The van der Waals surface area contributed by atoms with Crippen LogP contribution in [-0.4, -0.2) is 35.3 Å². The maximum absolute atomic E-state index is 13.1. The molecule has 7 nitrogen and oxygen atoms in total. The summed E-state index contributed by atoms with van der Waals surface area (Å²) in [6, 6.07) is 23.8. The fourth-order valence-corrected chi connectivity index (χ4v) is 4.33. The van der Waals surface area contributed by atoms with Gasteiger partial charge in [-0.3, -0.25) is 14.5 Å². The van der Waals surface area contributed by atoms with Gasteiger partial charge in [-0.25, -0.2) is 4.79 Å². The Morgan fingerprint density at radius 2 is 1.57 bits per heavy atom. The molecule has 1 atom stereocenters. The minimum absolute atomic E-state index is 0.229. The van der Waals surface area contributed by atoms with E-state index in [-0.39, 0.29) is 6.04 Å². The zero-order valence-electron chi connectivity index (χ0n) is 19.8. The van der Waals surface area contributed by atoms with Crippen LogP contribution < -0.4 is 15.5 Å². The summed E-state index contributed by atoms with van der Waals surface area (Å²) in [6.07, 6.45) is 0. The molecule has 1 heterocycles. The number of para-hydroxylation sites is 1. The summed E-state index contributed by atoms with van der Waals surface area (Å²) >= 11 is 5.94. The molecule has 0 radical (unpaired) electrons. The minimum atomic E-state index is -1.26. The molecule has 1 aliphatic rings. The number of imide groups is 1. The van der Waals surface area contributed by atoms with Gasteiger partial charge in [0.2, 0.25) is 5.91 Å². The van der Waals surface area contributed by atoms with Gasteiger partial charge in [-0.05, 0) is 74.9 Å². The van der Waals surface area contributed by atoms with E-state index in [1.54, 1.807) is 43.3 Å². The second-order valence-corrected chi connectivity index (χ2v) is 9.28. The molecule has 180 valence electrons. The van der Waals surface area contributed by atoms with Crippen LogP contribution in [0.1, 0.15) is 26.3 Å². The zero-order valence-corrected chi connectivity index (χ0v) is 20.5. The first-order valence-corrected chi connectivity index (χ1v) is 11.7. The number of carbonyl (C=O) groups excluding carboxylic acids is 3. The van der Waals surface area contributed by atoms with E-state index in [1.165, 1.54) is 0 Å². The first-order valence-electron chi connectivity index (χ1n) is 11.3. The SMILES string of the molecule is CC(C)N(c1ccccc1)c1ccc(NC(=O)CN2C(=O)N[C@](C)(c3ccc(Cl)cc3)C2=O)cc1. The van der Waals surface area contributed by atoms with Gasteiger partial charge in [-0.2, -0.15) is 0 Å². The van der Waals surface area contributed by atoms with Crippen LogP contribution in [-0.2, 0) is 15.1 Å². The van der Waals surface area contributed by atoms with Crippen LogP contribution in [0.4, 0.5) is 21.9 Å². The summed E-state index contributed by atoms with van der Waals surface area (Å²) in [4.78, 5) is 41.4. The van der Waals surface area contributed by atoms with E-state index >= 15 is 0 Å². The molecule has 0 aromatic heterocycles. The second-order valence-electron chi connectivity index (χ2n) is 8.85. The van der Waals surface area contributed by atoms with Crippen molar-refractivity contribution >= 4 is 46.5 Å². The molecule has 0 saturated carbocycles. The maximum atomic E-state index is 13.1. The largest absolute Gasteiger partial charge is 0.339 e. The summed E-state index contributed by atoms with van der Waals surface area (Å²) in [7, 11) is 0. The number of urea groups is 1. The molecule has 1 aliphatic heterocycles. The molecule has 3 aromatic rings. The van der Waals surface area contributed by atoms with Crippen molar-refractivity contribution in [1.82, 2.24) is 10.2 Å². The predicted molar refractivity (Wildman–Crippen MR) is 138 cm³/mol. The Hall–Kier alpha value is -3.84. The van der Waals surface area contributed by atoms with Crippen LogP contribution in [0, 0.1) is 0 Å². The van der Waals surface area contributed by atoms with Crippen molar-refractivity contribution in [2.45, 2.75) is 32.4 Å². The second kappa shape index (κ2) is 9.80. The molecular formula is C27H27ClN4O3. The quantitative estimate of drug-likeness (QED) is 0.441. The van der Waals surface area contributed by atoms with E-state index in [4.69, 9.17) is 11.6 Å². The highest BCUT2D eigenvalue weighted by Gasteiger charge is 2.49. The standard InChI is InChI=1S/C27H27ClN4O3/c1-18(2)32(22-7-5-4-6-8-22)23-15-13-21(14-16-23)29-24(33)17-31-25(34)27(3,30-26(31)35)19-9-11-20(28)12-10-19/h4-16,18H,17H2,1-3H3,(H,29,33)(H,30,35)/t27-/m1/s1. The molecule has 3 aromatic carbocycles. The van der Waals surface area contributed by atoms with Gasteiger partial charge < -0.3 is 15.5 Å². The fraction of sp³-hybridized carbons (Fsp3) is 0.222. The Bertz CT molecular complexity index is 1230. The number of anilines is 3. The zero-order chi connectivity index (χ0) is 25.2. The van der Waals surface area contributed by atoms with Gasteiger partial charge in [0.1, 0.15) is 12.1 Å². The molecule has 8 heteroatoms. The first kappa shape index (κ1) is 24.3. The monoisotopic (exact) mass is 490 g/mol. The number of amides is 4. The third kappa shape index (κ3) is 5.00. The molecule has 1 fully saturated rings. The number of nitrogens with one attached hydrogen (secondary N) is 2. The average molecular weight is 491 g/mol. The third-order valence-electron chi connectivity index (χ3n) is 5.98. The highest BCUT2D eigenvalue weighted by molar-refractivity contribution is 6.30. The van der Waals surface area contributed by atoms with Crippen molar-refractivity contribution < 1.29 is 14.4 Å². The van der Waals surface area contributed by atoms with Crippen LogP contribution in [0.2, 0.25) is 5.02 Å². The van der Waals surface area contributed by atoms with E-state index in [0.717, 1.165) is 16.3 Å². The molecule has 0 unspecified atom stereocenters. The van der Waals surface area contributed by atoms with Crippen LogP contribution in [0.5, 0.6) is 0 Å². The normalized spacial score (nSPS) is 17.5. The van der Waals surface area contributed by atoms with Gasteiger partial charge in [0, 0.05) is 28.1 Å². The van der Waals surface area contributed by atoms with E-state index in [2.05, 4.69) is 29.4 Å². The topological polar surface area (TPSA) is 81.8 Å². The third-order valence-corrected chi connectivity index (χ3v) is 6.23. The molecule has 35 heavy (non-hydrogen) atoms. The van der Waals surface area contributed by atoms with Gasteiger partial charge in [-0.1, -0.05) is 41.9 Å².